The molecule has 5 heteroatoms. The lowest BCUT2D eigenvalue weighted by atomic mass is 10.1. The molecule has 3 nitrogen and oxygen atoms in total. The summed E-state index contributed by atoms with van der Waals surface area (Å²) in [5.41, 5.74) is 3.36. The molecule has 4 rings (SSSR count). The third-order valence-electron chi connectivity index (χ3n) is 3.94. The molecule has 0 bridgehead atoms. The first kappa shape index (κ1) is 16.0. The van der Waals surface area contributed by atoms with Crippen LogP contribution in [0.2, 0.25) is 10.0 Å². The van der Waals surface area contributed by atoms with Gasteiger partial charge in [0.2, 0.25) is 0 Å². The second-order valence-corrected chi connectivity index (χ2v) is 6.46. The molecular weight excluding hydrogens is 353 g/mol. The summed E-state index contributed by atoms with van der Waals surface area (Å²) in [7, 11) is 0. The smallest absolute Gasteiger partial charge is 0.178 e. The van der Waals surface area contributed by atoms with Crippen molar-refractivity contribution in [1.29, 1.82) is 0 Å². The number of pyridine rings is 1. The van der Waals surface area contributed by atoms with Gasteiger partial charge < -0.3 is 0 Å². The van der Waals surface area contributed by atoms with Crippen LogP contribution in [0.15, 0.2) is 66.9 Å². The maximum atomic E-state index is 6.26. The van der Waals surface area contributed by atoms with Gasteiger partial charge in [-0.15, -0.1) is 0 Å². The highest BCUT2D eigenvalue weighted by molar-refractivity contribution is 6.36. The van der Waals surface area contributed by atoms with E-state index in [0.29, 0.717) is 22.3 Å². The van der Waals surface area contributed by atoms with Crippen LogP contribution in [0.3, 0.4) is 0 Å². The molecule has 4 aromatic rings. The predicted octanol–water partition coefficient (Wildman–Crippen LogP) is 5.59. The molecule has 2 aromatic carbocycles. The summed E-state index contributed by atoms with van der Waals surface area (Å²) in [5.74, 6) is 0.603. The van der Waals surface area contributed by atoms with Gasteiger partial charge in [-0.3, -0.25) is 0 Å². The maximum Gasteiger partial charge on any atom is 0.178 e. The van der Waals surface area contributed by atoms with E-state index in [0.717, 1.165) is 27.9 Å². The van der Waals surface area contributed by atoms with Gasteiger partial charge in [-0.2, -0.15) is 0 Å². The molecule has 0 spiro atoms. The van der Waals surface area contributed by atoms with Crippen molar-refractivity contribution in [2.24, 2.45) is 0 Å². The van der Waals surface area contributed by atoms with E-state index in [-0.39, 0.29) is 0 Å². The molecule has 2 aromatic heterocycles. The molecule has 25 heavy (non-hydrogen) atoms. The van der Waals surface area contributed by atoms with Crippen LogP contribution in [-0.4, -0.2) is 15.0 Å². The molecule has 0 atom stereocenters. The molecule has 0 aliphatic heterocycles. The van der Waals surface area contributed by atoms with Gasteiger partial charge in [-0.25, -0.2) is 15.0 Å². The Bertz CT molecular complexity index is 1040. The number of rotatable bonds is 3. The van der Waals surface area contributed by atoms with E-state index >= 15 is 0 Å². The van der Waals surface area contributed by atoms with E-state index in [4.69, 9.17) is 23.2 Å². The molecule has 2 heterocycles. The lowest BCUT2D eigenvalue weighted by Crippen LogP contribution is -1.98. The van der Waals surface area contributed by atoms with Crippen LogP contribution in [0, 0.1) is 0 Å². The number of aromatic nitrogens is 3. The fraction of sp³-hybridized carbons (Fsp3) is 0.0500. The average molecular weight is 366 g/mol. The van der Waals surface area contributed by atoms with Crippen LogP contribution in [-0.2, 0) is 6.42 Å². The minimum absolute atomic E-state index is 0.555. The van der Waals surface area contributed by atoms with Crippen LogP contribution in [0.25, 0.3) is 22.4 Å². The first-order chi connectivity index (χ1) is 12.2. The van der Waals surface area contributed by atoms with Crippen LogP contribution in [0.1, 0.15) is 11.3 Å². The van der Waals surface area contributed by atoms with Gasteiger partial charge in [-0.05, 0) is 35.9 Å². The fourth-order valence-corrected chi connectivity index (χ4v) is 3.21. The quantitative estimate of drug-likeness (QED) is 0.474. The zero-order chi connectivity index (χ0) is 17.2. The summed E-state index contributed by atoms with van der Waals surface area (Å²) in [5, 5.41) is 2.29. The van der Waals surface area contributed by atoms with Gasteiger partial charge in [0.15, 0.2) is 5.82 Å². The Morgan fingerprint density at radius 2 is 1.52 bits per heavy atom. The van der Waals surface area contributed by atoms with E-state index in [1.54, 1.807) is 0 Å². The number of fused-ring (bicyclic) bond motifs is 1. The highest BCUT2D eigenvalue weighted by Gasteiger charge is 2.10. The molecule has 0 aliphatic rings. The molecule has 0 unspecified atom stereocenters. The number of benzene rings is 2. The van der Waals surface area contributed by atoms with Gasteiger partial charge in [0, 0.05) is 33.7 Å². The summed E-state index contributed by atoms with van der Waals surface area (Å²) in [6, 6.07) is 19.2. The van der Waals surface area contributed by atoms with Crippen molar-refractivity contribution in [2.75, 3.05) is 0 Å². The highest BCUT2D eigenvalue weighted by Crippen LogP contribution is 2.27. The average Bonchev–Trinajstić information content (AvgIpc) is 2.65. The summed E-state index contributed by atoms with van der Waals surface area (Å²) in [6.45, 7) is 0. The molecule has 122 valence electrons. The lowest BCUT2D eigenvalue weighted by molar-refractivity contribution is 1.06. The van der Waals surface area contributed by atoms with Gasteiger partial charge in [0.1, 0.15) is 5.69 Å². The number of hydrogen-bond acceptors (Lipinski definition) is 3. The minimum atomic E-state index is 0.555. The van der Waals surface area contributed by atoms with Crippen molar-refractivity contribution < 1.29 is 0 Å². The van der Waals surface area contributed by atoms with Gasteiger partial charge >= 0.3 is 0 Å². The predicted molar refractivity (Wildman–Crippen MR) is 102 cm³/mol. The maximum absolute atomic E-state index is 6.26. The Balaban J connectivity index is 1.71. The molecule has 0 saturated carbocycles. The van der Waals surface area contributed by atoms with Crippen molar-refractivity contribution in [3.63, 3.8) is 0 Å². The zero-order valence-corrected chi connectivity index (χ0v) is 14.7. The highest BCUT2D eigenvalue weighted by atomic mass is 35.5. The van der Waals surface area contributed by atoms with Crippen LogP contribution >= 0.6 is 23.2 Å². The van der Waals surface area contributed by atoms with E-state index in [2.05, 4.69) is 15.0 Å². The summed E-state index contributed by atoms with van der Waals surface area (Å²) >= 11 is 12.5. The van der Waals surface area contributed by atoms with Crippen LogP contribution in [0.4, 0.5) is 0 Å². The summed E-state index contributed by atoms with van der Waals surface area (Å²) in [4.78, 5) is 13.7. The third kappa shape index (κ3) is 3.34. The number of para-hydroxylation sites is 1. The number of halogens is 2. The van der Waals surface area contributed by atoms with Crippen molar-refractivity contribution in [2.45, 2.75) is 6.42 Å². The Hall–Kier alpha value is -2.49. The van der Waals surface area contributed by atoms with Crippen molar-refractivity contribution in [3.8, 4) is 11.5 Å². The normalized spacial score (nSPS) is 11.0. The Labute approximate surface area is 155 Å². The molecule has 0 saturated heterocycles. The summed E-state index contributed by atoms with van der Waals surface area (Å²) < 4.78 is 0. The monoisotopic (exact) mass is 365 g/mol. The zero-order valence-electron chi connectivity index (χ0n) is 13.2. The fourth-order valence-electron chi connectivity index (χ4n) is 2.68. The SMILES string of the molecule is Clc1cccc(Cl)c1Cc1cccc(-c2ncc3ccccc3n2)n1. The van der Waals surface area contributed by atoms with Crippen molar-refractivity contribution in [3.05, 3.63) is 88.2 Å². The second-order valence-electron chi connectivity index (χ2n) is 5.64. The van der Waals surface area contributed by atoms with E-state index in [1.807, 2.05) is 66.9 Å². The minimum Gasteiger partial charge on any atom is -0.249 e. The second kappa shape index (κ2) is 6.79. The molecule has 0 N–H and O–H groups in total. The van der Waals surface area contributed by atoms with Gasteiger partial charge in [0.25, 0.3) is 0 Å². The standard InChI is InChI=1S/C20H13Cl2N3/c21-16-7-4-8-17(22)15(16)11-14-6-3-10-19(24-14)20-23-12-13-5-1-2-9-18(13)25-20/h1-10,12H,11H2. The van der Waals surface area contributed by atoms with E-state index in [9.17, 15) is 0 Å². The molecule has 0 amide bonds. The lowest BCUT2D eigenvalue weighted by Gasteiger charge is -2.08. The number of hydrogen-bond donors (Lipinski definition) is 0. The van der Waals surface area contributed by atoms with Gasteiger partial charge in [-0.1, -0.05) is 53.5 Å². The van der Waals surface area contributed by atoms with E-state index in [1.165, 1.54) is 0 Å². The Kier molecular flexibility index (Phi) is 4.35. The third-order valence-corrected chi connectivity index (χ3v) is 4.65. The summed E-state index contributed by atoms with van der Waals surface area (Å²) in [6.07, 6.45) is 2.37. The van der Waals surface area contributed by atoms with Crippen molar-refractivity contribution in [1.82, 2.24) is 15.0 Å². The first-order valence-corrected chi connectivity index (χ1v) is 8.57. The topological polar surface area (TPSA) is 38.7 Å². The van der Waals surface area contributed by atoms with Crippen molar-refractivity contribution >= 4 is 34.1 Å². The Morgan fingerprint density at radius 1 is 0.760 bits per heavy atom. The largest absolute Gasteiger partial charge is 0.249 e. The van der Waals surface area contributed by atoms with Gasteiger partial charge in [0.05, 0.1) is 5.52 Å². The van der Waals surface area contributed by atoms with Crippen LogP contribution in [0.5, 0.6) is 0 Å². The van der Waals surface area contributed by atoms with Crippen LogP contribution < -0.4 is 0 Å². The Morgan fingerprint density at radius 3 is 2.36 bits per heavy atom. The first-order valence-electron chi connectivity index (χ1n) is 7.82. The molecule has 0 aliphatic carbocycles. The number of nitrogens with zero attached hydrogens (tertiary/aromatic N) is 3. The molecule has 0 fully saturated rings. The molecule has 0 radical (unpaired) electrons. The van der Waals surface area contributed by atoms with E-state index < -0.39 is 0 Å². The molecular formula is C20H13Cl2N3.